The van der Waals surface area contributed by atoms with Crippen LogP contribution in [0, 0.1) is 17.5 Å². The fraction of sp³-hybridized carbons (Fsp3) is 0.143. The molecule has 0 unspecified atom stereocenters. The van der Waals surface area contributed by atoms with Crippen molar-refractivity contribution in [2.24, 2.45) is 0 Å². The van der Waals surface area contributed by atoms with Gasteiger partial charge in [0, 0.05) is 0 Å². The van der Waals surface area contributed by atoms with Crippen LogP contribution in [-0.2, 0) is 6.61 Å². The first-order valence-corrected chi connectivity index (χ1v) is 3.10. The summed E-state index contributed by atoms with van der Waals surface area (Å²) in [4.78, 5) is 0. The van der Waals surface area contributed by atoms with Gasteiger partial charge in [-0.15, -0.1) is 0 Å². The number of rotatable bonds is 1. The summed E-state index contributed by atoms with van der Waals surface area (Å²) < 4.78 is 37.5. The van der Waals surface area contributed by atoms with Crippen molar-refractivity contribution in [3.05, 3.63) is 29.1 Å². The maximum atomic E-state index is 12.7. The van der Waals surface area contributed by atoms with Crippen LogP contribution >= 0.6 is 0 Å². The van der Waals surface area contributed by atoms with Crippen LogP contribution in [0.15, 0.2) is 6.07 Å². The molecule has 0 saturated carbocycles. The third kappa shape index (κ3) is 1.32. The summed E-state index contributed by atoms with van der Waals surface area (Å²) >= 11 is 0. The molecule has 0 aliphatic heterocycles. The SMILES string of the molecule is [B-]c1cc(F)c(F)c(F)c1CO. The van der Waals surface area contributed by atoms with E-state index in [1.54, 1.807) is 0 Å². The number of hydrogen-bond acceptors (Lipinski definition) is 1. The van der Waals surface area contributed by atoms with Gasteiger partial charge in [0.1, 0.15) is 0 Å². The highest BCUT2D eigenvalue weighted by atomic mass is 19.2. The minimum Gasteiger partial charge on any atom is -0.580 e. The highest BCUT2D eigenvalue weighted by Crippen LogP contribution is 2.12. The average molecular weight is 172 g/mol. The lowest BCUT2D eigenvalue weighted by molar-refractivity contribution is 0.273. The summed E-state index contributed by atoms with van der Waals surface area (Å²) in [6.07, 6.45) is 0. The van der Waals surface area contributed by atoms with Gasteiger partial charge in [-0.2, -0.15) is 0 Å². The Labute approximate surface area is 68.2 Å². The van der Waals surface area contributed by atoms with Crippen LogP contribution < -0.4 is 5.46 Å². The fourth-order valence-corrected chi connectivity index (χ4v) is 0.812. The minimum atomic E-state index is -1.62. The van der Waals surface area contributed by atoms with Crippen molar-refractivity contribution >= 4 is 13.3 Å². The molecule has 3 radical (unpaired) electrons. The van der Waals surface area contributed by atoms with Gasteiger partial charge in [0.15, 0.2) is 17.5 Å². The summed E-state index contributed by atoms with van der Waals surface area (Å²) in [6, 6.07) is 0.629. The van der Waals surface area contributed by atoms with Gasteiger partial charge < -0.3 is 18.4 Å². The first kappa shape index (κ1) is 9.13. The minimum absolute atomic E-state index is 0.297. The second-order valence-corrected chi connectivity index (χ2v) is 2.21. The lowest BCUT2D eigenvalue weighted by atomic mass is 9.90. The maximum absolute atomic E-state index is 12.7. The summed E-state index contributed by atoms with van der Waals surface area (Å²) in [7, 11) is 5.09. The smallest absolute Gasteiger partial charge is 0.194 e. The summed E-state index contributed by atoms with van der Waals surface area (Å²) in [5.41, 5.74) is -0.720. The van der Waals surface area contributed by atoms with Gasteiger partial charge in [-0.05, 0) is 5.56 Å². The number of halogens is 3. The molecule has 0 aromatic heterocycles. The Morgan fingerprint density at radius 1 is 1.25 bits per heavy atom. The second kappa shape index (κ2) is 3.19. The van der Waals surface area contributed by atoms with Gasteiger partial charge in [-0.3, -0.25) is 0 Å². The molecule has 1 nitrogen and oxygen atoms in total. The van der Waals surface area contributed by atoms with Gasteiger partial charge in [0.25, 0.3) is 0 Å². The fourth-order valence-electron chi connectivity index (χ4n) is 0.812. The quantitative estimate of drug-likeness (QED) is 0.479. The van der Waals surface area contributed by atoms with Crippen LogP contribution in [0.3, 0.4) is 0 Å². The number of hydrogen-bond donors (Lipinski definition) is 1. The Morgan fingerprint density at radius 3 is 2.33 bits per heavy atom. The first-order chi connectivity index (χ1) is 5.57. The lowest BCUT2D eigenvalue weighted by Crippen LogP contribution is -2.16. The molecule has 1 aromatic carbocycles. The molecule has 12 heavy (non-hydrogen) atoms. The second-order valence-electron chi connectivity index (χ2n) is 2.21. The molecule has 5 heteroatoms. The molecule has 0 amide bonds. The third-order valence-corrected chi connectivity index (χ3v) is 1.46. The Hall–Kier alpha value is -0.965. The van der Waals surface area contributed by atoms with Gasteiger partial charge >= 0.3 is 0 Å². The summed E-state index contributed by atoms with van der Waals surface area (Å²) in [5.74, 6) is -4.41. The summed E-state index contributed by atoms with van der Waals surface area (Å²) in [6.45, 7) is -0.755. The van der Waals surface area contributed by atoms with Crippen LogP contribution in [0.2, 0.25) is 0 Å². The molecule has 1 aromatic rings. The zero-order valence-electron chi connectivity index (χ0n) is 5.94. The van der Waals surface area contributed by atoms with E-state index in [0.29, 0.717) is 6.07 Å². The van der Waals surface area contributed by atoms with E-state index in [0.717, 1.165) is 0 Å². The zero-order chi connectivity index (χ0) is 9.30. The van der Waals surface area contributed by atoms with E-state index in [1.807, 2.05) is 0 Å². The van der Waals surface area contributed by atoms with E-state index in [9.17, 15) is 13.2 Å². The van der Waals surface area contributed by atoms with E-state index in [1.165, 1.54) is 0 Å². The molecule has 1 rings (SSSR count). The number of benzene rings is 1. The Morgan fingerprint density at radius 2 is 1.83 bits per heavy atom. The molecule has 0 heterocycles. The van der Waals surface area contributed by atoms with E-state index < -0.39 is 29.6 Å². The van der Waals surface area contributed by atoms with Crippen molar-refractivity contribution in [1.29, 1.82) is 0 Å². The number of aliphatic hydroxyl groups excluding tert-OH is 1. The van der Waals surface area contributed by atoms with Crippen LogP contribution in [0.1, 0.15) is 5.56 Å². The average Bonchev–Trinajstić information content (AvgIpc) is 2.01. The third-order valence-electron chi connectivity index (χ3n) is 1.46. The Bertz CT molecular complexity index is 314. The van der Waals surface area contributed by atoms with Crippen molar-refractivity contribution in [3.63, 3.8) is 0 Å². The molecule has 0 spiro atoms. The van der Waals surface area contributed by atoms with E-state index >= 15 is 0 Å². The topological polar surface area (TPSA) is 20.2 Å². The Kier molecular flexibility index (Phi) is 2.42. The molecule has 0 fully saturated rings. The predicted molar refractivity (Wildman–Crippen MR) is 37.6 cm³/mol. The van der Waals surface area contributed by atoms with Gasteiger partial charge in [-0.1, -0.05) is 6.07 Å². The lowest BCUT2D eigenvalue weighted by Gasteiger charge is -2.14. The van der Waals surface area contributed by atoms with E-state index in [-0.39, 0.29) is 5.46 Å². The predicted octanol–water partition coefficient (Wildman–Crippen LogP) is 0.390. The highest BCUT2D eigenvalue weighted by Gasteiger charge is 2.11. The molecular formula is C7H4BF3O-. The molecular weight excluding hydrogens is 168 g/mol. The molecule has 63 valence electrons. The van der Waals surface area contributed by atoms with Gasteiger partial charge in [0.2, 0.25) is 0 Å². The van der Waals surface area contributed by atoms with Gasteiger partial charge in [-0.25, -0.2) is 13.2 Å². The normalized spacial score (nSPS) is 10.4. The van der Waals surface area contributed by atoms with Crippen LogP contribution in [0.4, 0.5) is 13.2 Å². The van der Waals surface area contributed by atoms with Gasteiger partial charge in [0.05, 0.1) is 6.61 Å². The molecule has 0 atom stereocenters. The molecule has 1 N–H and O–H groups in total. The molecule has 0 aliphatic rings. The largest absolute Gasteiger partial charge is 0.580 e. The van der Waals surface area contributed by atoms with Crippen molar-refractivity contribution < 1.29 is 18.3 Å². The standard InChI is InChI=1S/C7H4BF3O/c8-4-1-5(9)7(11)6(10)3(4)2-12/h1,12H,2H2/q-1. The van der Waals surface area contributed by atoms with Crippen molar-refractivity contribution in [1.82, 2.24) is 0 Å². The Balaban J connectivity index is 3.40. The van der Waals surface area contributed by atoms with E-state index in [4.69, 9.17) is 13.0 Å². The summed E-state index contributed by atoms with van der Waals surface area (Å²) in [5, 5.41) is 8.51. The zero-order valence-corrected chi connectivity index (χ0v) is 5.94. The van der Waals surface area contributed by atoms with Crippen molar-refractivity contribution in [2.45, 2.75) is 6.61 Å². The molecule has 0 bridgehead atoms. The molecule has 0 aliphatic carbocycles. The highest BCUT2D eigenvalue weighted by molar-refractivity contribution is 6.33. The van der Waals surface area contributed by atoms with E-state index in [2.05, 4.69) is 0 Å². The van der Waals surface area contributed by atoms with Crippen molar-refractivity contribution in [3.8, 4) is 0 Å². The molecule has 0 saturated heterocycles. The van der Waals surface area contributed by atoms with Crippen molar-refractivity contribution in [2.75, 3.05) is 0 Å². The first-order valence-electron chi connectivity index (χ1n) is 3.10. The maximum Gasteiger partial charge on any atom is 0.194 e. The van der Waals surface area contributed by atoms with Crippen LogP contribution in [-0.4, -0.2) is 13.0 Å². The number of aliphatic hydroxyl groups is 1. The monoisotopic (exact) mass is 172 g/mol. The van der Waals surface area contributed by atoms with Crippen LogP contribution in [0.25, 0.3) is 0 Å². The van der Waals surface area contributed by atoms with Crippen LogP contribution in [0.5, 0.6) is 0 Å².